The minimum absolute atomic E-state index is 0.0982. The zero-order chi connectivity index (χ0) is 19.9. The van der Waals surface area contributed by atoms with Gasteiger partial charge in [0.15, 0.2) is 0 Å². The lowest BCUT2D eigenvalue weighted by atomic mass is 10.2. The Morgan fingerprint density at radius 3 is 2.54 bits per heavy atom. The van der Waals surface area contributed by atoms with Gasteiger partial charge >= 0.3 is 0 Å². The Kier molecular flexibility index (Phi) is 6.90. The van der Waals surface area contributed by atoms with Gasteiger partial charge in [-0.3, -0.25) is 14.5 Å². The summed E-state index contributed by atoms with van der Waals surface area (Å²) in [4.78, 5) is 27.7. The number of ether oxygens (including phenoxy) is 1. The van der Waals surface area contributed by atoms with E-state index in [1.165, 1.54) is 0 Å². The number of nitrogens with zero attached hydrogens (tertiary/aromatic N) is 2. The van der Waals surface area contributed by atoms with Crippen molar-refractivity contribution >= 4 is 34.8 Å². The number of hydrogen-bond acceptors (Lipinski definition) is 4. The van der Waals surface area contributed by atoms with Gasteiger partial charge in [0.05, 0.1) is 6.54 Å². The summed E-state index contributed by atoms with van der Waals surface area (Å²) in [6.45, 7) is 2.11. The molecule has 1 heterocycles. The Bertz CT molecular complexity index is 809. The number of carbonyl (C=O) groups excluding carboxylic acids is 2. The van der Waals surface area contributed by atoms with E-state index in [1.54, 1.807) is 17.0 Å². The first kappa shape index (κ1) is 20.2. The summed E-state index contributed by atoms with van der Waals surface area (Å²) in [6, 6.07) is 14.6. The summed E-state index contributed by atoms with van der Waals surface area (Å²) in [5.41, 5.74) is 1.59. The lowest BCUT2D eigenvalue weighted by Gasteiger charge is -2.18. The Hall–Kier alpha value is -2.57. The summed E-state index contributed by atoms with van der Waals surface area (Å²) in [5.74, 6) is 0.803. The number of rotatable bonds is 8. The van der Waals surface area contributed by atoms with Crippen LogP contribution in [-0.2, 0) is 9.59 Å². The number of hydrogen-bond donors (Lipinski definition) is 1. The fourth-order valence-electron chi connectivity index (χ4n) is 3.02. The van der Waals surface area contributed by atoms with Gasteiger partial charge in [0, 0.05) is 35.9 Å². The number of likely N-dealkylation sites (N-methyl/N-ethyl adjacent to an activating group) is 1. The second kappa shape index (κ2) is 9.57. The van der Waals surface area contributed by atoms with Gasteiger partial charge in [-0.2, -0.15) is 0 Å². The maximum atomic E-state index is 12.2. The van der Waals surface area contributed by atoms with Crippen LogP contribution in [0.15, 0.2) is 48.5 Å². The second-order valence-electron chi connectivity index (χ2n) is 6.78. The van der Waals surface area contributed by atoms with Gasteiger partial charge in [-0.15, -0.1) is 0 Å². The van der Waals surface area contributed by atoms with Crippen LogP contribution >= 0.6 is 11.6 Å². The van der Waals surface area contributed by atoms with Gasteiger partial charge in [0.25, 0.3) is 0 Å². The Morgan fingerprint density at radius 1 is 1.18 bits per heavy atom. The molecule has 1 aliphatic heterocycles. The van der Waals surface area contributed by atoms with E-state index in [1.807, 2.05) is 48.3 Å². The fourth-order valence-corrected chi connectivity index (χ4v) is 3.15. The molecule has 0 radical (unpaired) electrons. The van der Waals surface area contributed by atoms with Crippen molar-refractivity contribution in [3.63, 3.8) is 0 Å². The maximum Gasteiger partial charge on any atom is 0.238 e. The third-order valence-electron chi connectivity index (χ3n) is 4.51. The molecule has 148 valence electrons. The molecule has 0 atom stereocenters. The summed E-state index contributed by atoms with van der Waals surface area (Å²) < 4.78 is 5.64. The monoisotopic (exact) mass is 401 g/mol. The van der Waals surface area contributed by atoms with Crippen LogP contribution in [0.4, 0.5) is 11.4 Å². The SMILES string of the molecule is CN(CCOc1ccc(Cl)cc1)CC(=O)Nc1ccc(N2CCCC2=O)cc1. The van der Waals surface area contributed by atoms with Gasteiger partial charge in [0.1, 0.15) is 12.4 Å². The van der Waals surface area contributed by atoms with Crippen molar-refractivity contribution in [3.05, 3.63) is 53.6 Å². The molecule has 6 nitrogen and oxygen atoms in total. The molecule has 0 bridgehead atoms. The molecular weight excluding hydrogens is 378 g/mol. The Labute approximate surface area is 170 Å². The number of amides is 2. The highest BCUT2D eigenvalue weighted by atomic mass is 35.5. The van der Waals surface area contributed by atoms with E-state index in [4.69, 9.17) is 16.3 Å². The fraction of sp³-hybridized carbons (Fsp3) is 0.333. The van der Waals surface area contributed by atoms with E-state index in [-0.39, 0.29) is 18.4 Å². The molecule has 0 spiro atoms. The lowest BCUT2D eigenvalue weighted by Crippen LogP contribution is -2.33. The molecule has 0 saturated carbocycles. The smallest absolute Gasteiger partial charge is 0.238 e. The largest absolute Gasteiger partial charge is 0.492 e. The highest BCUT2D eigenvalue weighted by Crippen LogP contribution is 2.23. The number of nitrogens with one attached hydrogen (secondary N) is 1. The highest BCUT2D eigenvalue weighted by Gasteiger charge is 2.21. The van der Waals surface area contributed by atoms with Gasteiger partial charge in [-0.1, -0.05) is 11.6 Å². The predicted molar refractivity (Wildman–Crippen MR) is 111 cm³/mol. The first-order valence-electron chi connectivity index (χ1n) is 9.28. The summed E-state index contributed by atoms with van der Waals surface area (Å²) in [6.07, 6.45) is 1.50. The molecule has 1 fully saturated rings. The van der Waals surface area contributed by atoms with Crippen LogP contribution in [0.1, 0.15) is 12.8 Å². The van der Waals surface area contributed by atoms with Gasteiger partial charge in [-0.25, -0.2) is 0 Å². The van der Waals surface area contributed by atoms with Crippen molar-refractivity contribution in [2.45, 2.75) is 12.8 Å². The average Bonchev–Trinajstić information content (AvgIpc) is 3.10. The third kappa shape index (κ3) is 5.71. The summed E-state index contributed by atoms with van der Waals surface area (Å²) in [5, 5.41) is 3.54. The van der Waals surface area contributed by atoms with Crippen molar-refractivity contribution in [1.29, 1.82) is 0 Å². The van der Waals surface area contributed by atoms with E-state index in [0.29, 0.717) is 30.3 Å². The zero-order valence-electron chi connectivity index (χ0n) is 15.9. The summed E-state index contributed by atoms with van der Waals surface area (Å²) in [7, 11) is 1.87. The van der Waals surface area contributed by atoms with Crippen LogP contribution in [-0.4, -0.2) is 50.0 Å². The molecule has 2 aromatic rings. The Balaban J connectivity index is 1.40. The number of halogens is 1. The molecule has 1 aliphatic rings. The minimum Gasteiger partial charge on any atom is -0.492 e. The number of anilines is 2. The van der Waals surface area contributed by atoms with Crippen LogP contribution in [0, 0.1) is 0 Å². The van der Waals surface area contributed by atoms with Crippen LogP contribution in [0.2, 0.25) is 5.02 Å². The standard InChI is InChI=1S/C21H24ClN3O3/c1-24(13-14-28-19-10-4-16(22)5-11-19)15-20(26)23-17-6-8-18(9-7-17)25-12-2-3-21(25)27/h4-11H,2-3,12-15H2,1H3,(H,23,26). The van der Waals surface area contributed by atoms with Crippen molar-refractivity contribution in [2.24, 2.45) is 0 Å². The molecule has 2 aromatic carbocycles. The molecular formula is C21H24ClN3O3. The van der Waals surface area contributed by atoms with Crippen molar-refractivity contribution in [1.82, 2.24) is 4.90 Å². The van der Waals surface area contributed by atoms with E-state index in [0.717, 1.165) is 24.4 Å². The summed E-state index contributed by atoms with van der Waals surface area (Å²) >= 11 is 5.84. The van der Waals surface area contributed by atoms with Gasteiger partial charge < -0.3 is 15.0 Å². The Morgan fingerprint density at radius 2 is 1.89 bits per heavy atom. The van der Waals surface area contributed by atoms with Crippen molar-refractivity contribution in [2.75, 3.05) is 43.5 Å². The molecule has 0 unspecified atom stereocenters. The predicted octanol–water partition coefficient (Wildman–Crippen LogP) is 3.42. The van der Waals surface area contributed by atoms with Crippen LogP contribution in [0.3, 0.4) is 0 Å². The number of carbonyl (C=O) groups is 2. The van der Waals surface area contributed by atoms with Crippen LogP contribution in [0.25, 0.3) is 0 Å². The molecule has 1 saturated heterocycles. The first-order chi connectivity index (χ1) is 13.5. The molecule has 28 heavy (non-hydrogen) atoms. The molecule has 0 aromatic heterocycles. The number of benzene rings is 2. The molecule has 0 aliphatic carbocycles. The third-order valence-corrected chi connectivity index (χ3v) is 4.76. The van der Waals surface area contributed by atoms with E-state index in [9.17, 15) is 9.59 Å². The quantitative estimate of drug-likeness (QED) is 0.736. The normalized spacial score (nSPS) is 13.8. The molecule has 3 rings (SSSR count). The van der Waals surface area contributed by atoms with Gasteiger partial charge in [0.2, 0.25) is 11.8 Å². The van der Waals surface area contributed by atoms with Crippen LogP contribution < -0.4 is 15.0 Å². The van der Waals surface area contributed by atoms with Crippen molar-refractivity contribution < 1.29 is 14.3 Å². The zero-order valence-corrected chi connectivity index (χ0v) is 16.6. The minimum atomic E-state index is -0.0982. The van der Waals surface area contributed by atoms with E-state index < -0.39 is 0 Å². The average molecular weight is 402 g/mol. The molecule has 7 heteroatoms. The van der Waals surface area contributed by atoms with E-state index in [2.05, 4.69) is 5.32 Å². The molecule has 1 N–H and O–H groups in total. The van der Waals surface area contributed by atoms with Crippen LogP contribution in [0.5, 0.6) is 5.75 Å². The highest BCUT2D eigenvalue weighted by molar-refractivity contribution is 6.30. The van der Waals surface area contributed by atoms with Crippen molar-refractivity contribution in [3.8, 4) is 5.75 Å². The van der Waals surface area contributed by atoms with Gasteiger partial charge in [-0.05, 0) is 62.0 Å². The van der Waals surface area contributed by atoms with E-state index >= 15 is 0 Å². The molecule has 2 amide bonds. The lowest BCUT2D eigenvalue weighted by molar-refractivity contribution is -0.117. The first-order valence-corrected chi connectivity index (χ1v) is 9.66. The maximum absolute atomic E-state index is 12.2. The second-order valence-corrected chi connectivity index (χ2v) is 7.22. The topological polar surface area (TPSA) is 61.9 Å².